The van der Waals surface area contributed by atoms with Crippen molar-refractivity contribution in [3.05, 3.63) is 24.3 Å². The average Bonchev–Trinajstić information content (AvgIpc) is 2.66. The van der Waals surface area contributed by atoms with Gasteiger partial charge in [-0.15, -0.1) is 0 Å². The molecule has 1 heterocycles. The van der Waals surface area contributed by atoms with Gasteiger partial charge in [-0.05, 0) is 57.4 Å². The third-order valence-corrected chi connectivity index (χ3v) is 5.80. The highest BCUT2D eigenvalue weighted by Crippen LogP contribution is 2.28. The van der Waals surface area contributed by atoms with Crippen LogP contribution in [0.1, 0.15) is 47.0 Å². The van der Waals surface area contributed by atoms with E-state index in [9.17, 15) is 9.90 Å². The van der Waals surface area contributed by atoms with E-state index >= 15 is 0 Å². The summed E-state index contributed by atoms with van der Waals surface area (Å²) in [6.45, 7) is 13.0. The van der Waals surface area contributed by atoms with Crippen molar-refractivity contribution in [3.8, 4) is 5.75 Å². The van der Waals surface area contributed by atoms with Crippen molar-refractivity contribution in [2.24, 2.45) is 5.41 Å². The van der Waals surface area contributed by atoms with Gasteiger partial charge in [-0.3, -0.25) is 9.69 Å². The van der Waals surface area contributed by atoms with E-state index in [2.05, 4.69) is 9.80 Å². The standard InChI is InChI=1S/C21H34N2O3/c1-5-21(4,6-2)20(25)26-17(3)11-12-22-13-15-23(16-14-22)18-7-9-19(24)10-8-18/h7-10,17,24H,5-6,11-16H2,1-4H3. The molecule has 1 aromatic carbocycles. The fourth-order valence-electron chi connectivity index (χ4n) is 3.18. The lowest BCUT2D eigenvalue weighted by Crippen LogP contribution is -2.47. The Labute approximate surface area is 157 Å². The quantitative estimate of drug-likeness (QED) is 0.715. The molecule has 1 aromatic rings. The summed E-state index contributed by atoms with van der Waals surface area (Å²) in [5.74, 6) is 0.241. The van der Waals surface area contributed by atoms with E-state index in [0.717, 1.165) is 57.7 Å². The molecule has 1 N–H and O–H groups in total. The van der Waals surface area contributed by atoms with Gasteiger partial charge in [0.1, 0.15) is 11.9 Å². The second-order valence-electron chi connectivity index (χ2n) is 7.62. The average molecular weight is 363 g/mol. The fourth-order valence-corrected chi connectivity index (χ4v) is 3.18. The lowest BCUT2D eigenvalue weighted by molar-refractivity contribution is -0.160. The maximum atomic E-state index is 12.4. The van der Waals surface area contributed by atoms with Crippen molar-refractivity contribution in [2.75, 3.05) is 37.6 Å². The highest BCUT2D eigenvalue weighted by atomic mass is 16.5. The van der Waals surface area contributed by atoms with Gasteiger partial charge < -0.3 is 14.7 Å². The fraction of sp³-hybridized carbons (Fsp3) is 0.667. The molecule has 0 aromatic heterocycles. The van der Waals surface area contributed by atoms with Crippen LogP contribution in [0, 0.1) is 5.41 Å². The van der Waals surface area contributed by atoms with Crippen molar-refractivity contribution in [1.82, 2.24) is 4.90 Å². The van der Waals surface area contributed by atoms with E-state index in [-0.39, 0.29) is 17.5 Å². The molecule has 1 aliphatic rings. The van der Waals surface area contributed by atoms with Crippen LogP contribution in [0.4, 0.5) is 5.69 Å². The van der Waals surface area contributed by atoms with Crippen LogP contribution in [0.25, 0.3) is 0 Å². The van der Waals surface area contributed by atoms with Gasteiger partial charge in [0.2, 0.25) is 0 Å². The third kappa shape index (κ3) is 5.37. The summed E-state index contributed by atoms with van der Waals surface area (Å²) in [6, 6.07) is 7.40. The molecule has 5 heteroatoms. The van der Waals surface area contributed by atoms with Crippen molar-refractivity contribution >= 4 is 11.7 Å². The zero-order valence-electron chi connectivity index (χ0n) is 16.7. The number of phenols is 1. The molecule has 0 radical (unpaired) electrons. The summed E-state index contributed by atoms with van der Waals surface area (Å²) in [5, 5.41) is 9.40. The number of benzene rings is 1. The number of esters is 1. The summed E-state index contributed by atoms with van der Waals surface area (Å²) >= 11 is 0. The van der Waals surface area contributed by atoms with Crippen LogP contribution in [-0.4, -0.2) is 54.8 Å². The van der Waals surface area contributed by atoms with E-state index in [1.807, 2.05) is 39.8 Å². The highest BCUT2D eigenvalue weighted by molar-refractivity contribution is 5.76. The number of aromatic hydroxyl groups is 1. The number of hydrogen-bond donors (Lipinski definition) is 1. The van der Waals surface area contributed by atoms with Gasteiger partial charge >= 0.3 is 5.97 Å². The van der Waals surface area contributed by atoms with E-state index in [4.69, 9.17) is 4.74 Å². The third-order valence-electron chi connectivity index (χ3n) is 5.80. The summed E-state index contributed by atoms with van der Waals surface area (Å²) < 4.78 is 5.69. The predicted octanol–water partition coefficient (Wildman–Crippen LogP) is 3.66. The minimum absolute atomic E-state index is 0.0462. The Bertz CT molecular complexity index is 561. The van der Waals surface area contributed by atoms with Crippen LogP contribution in [-0.2, 0) is 9.53 Å². The molecular formula is C21H34N2O3. The molecule has 0 bridgehead atoms. The Hall–Kier alpha value is -1.75. The summed E-state index contributed by atoms with van der Waals surface area (Å²) in [4.78, 5) is 17.1. The molecule has 1 saturated heterocycles. The zero-order valence-corrected chi connectivity index (χ0v) is 16.7. The molecule has 0 aliphatic carbocycles. The Morgan fingerprint density at radius 3 is 2.27 bits per heavy atom. The van der Waals surface area contributed by atoms with Gasteiger partial charge in [0.05, 0.1) is 5.41 Å². The number of phenolic OH excluding ortho intramolecular Hbond substituents is 1. The molecule has 1 aliphatic heterocycles. The molecule has 0 amide bonds. The molecular weight excluding hydrogens is 328 g/mol. The molecule has 1 unspecified atom stereocenters. The number of ether oxygens (including phenoxy) is 1. The Balaban J connectivity index is 1.72. The van der Waals surface area contributed by atoms with E-state index in [1.165, 1.54) is 0 Å². The van der Waals surface area contributed by atoms with Gasteiger partial charge in [-0.1, -0.05) is 13.8 Å². The molecule has 26 heavy (non-hydrogen) atoms. The maximum Gasteiger partial charge on any atom is 0.312 e. The first kappa shape index (κ1) is 20.6. The smallest absolute Gasteiger partial charge is 0.312 e. The van der Waals surface area contributed by atoms with E-state index < -0.39 is 0 Å². The van der Waals surface area contributed by atoms with Gasteiger partial charge in [0, 0.05) is 38.4 Å². The number of piperazine rings is 1. The van der Waals surface area contributed by atoms with Gasteiger partial charge in [0.25, 0.3) is 0 Å². The second kappa shape index (κ2) is 9.26. The monoisotopic (exact) mass is 362 g/mol. The second-order valence-corrected chi connectivity index (χ2v) is 7.62. The van der Waals surface area contributed by atoms with Crippen molar-refractivity contribution in [3.63, 3.8) is 0 Å². The number of carbonyl (C=O) groups excluding carboxylic acids is 1. The summed E-state index contributed by atoms with van der Waals surface area (Å²) in [6.07, 6.45) is 2.45. The minimum atomic E-state index is -0.357. The normalized spacial score (nSPS) is 17.2. The Morgan fingerprint density at radius 2 is 1.73 bits per heavy atom. The molecule has 5 nitrogen and oxygen atoms in total. The number of carbonyl (C=O) groups is 1. The van der Waals surface area contributed by atoms with Crippen LogP contribution in [0.3, 0.4) is 0 Å². The lowest BCUT2D eigenvalue weighted by Gasteiger charge is -2.36. The molecule has 146 valence electrons. The van der Waals surface area contributed by atoms with E-state index in [1.54, 1.807) is 12.1 Å². The SMILES string of the molecule is CCC(C)(CC)C(=O)OC(C)CCN1CCN(c2ccc(O)cc2)CC1. The van der Waals surface area contributed by atoms with Crippen LogP contribution < -0.4 is 4.90 Å². The van der Waals surface area contributed by atoms with Crippen LogP contribution in [0.2, 0.25) is 0 Å². The molecule has 1 atom stereocenters. The number of hydrogen-bond acceptors (Lipinski definition) is 5. The maximum absolute atomic E-state index is 12.4. The Kier molecular flexibility index (Phi) is 7.33. The topological polar surface area (TPSA) is 53.0 Å². The number of rotatable bonds is 8. The molecule has 1 fully saturated rings. The zero-order chi connectivity index (χ0) is 19.2. The van der Waals surface area contributed by atoms with Gasteiger partial charge in [0.15, 0.2) is 0 Å². The van der Waals surface area contributed by atoms with E-state index in [0.29, 0.717) is 5.75 Å². The largest absolute Gasteiger partial charge is 0.508 e. The van der Waals surface area contributed by atoms with Crippen molar-refractivity contribution in [1.29, 1.82) is 0 Å². The number of anilines is 1. The van der Waals surface area contributed by atoms with Gasteiger partial charge in [-0.2, -0.15) is 0 Å². The first-order valence-electron chi connectivity index (χ1n) is 9.85. The number of nitrogens with zero attached hydrogens (tertiary/aromatic N) is 2. The Morgan fingerprint density at radius 1 is 1.15 bits per heavy atom. The molecule has 2 rings (SSSR count). The van der Waals surface area contributed by atoms with Crippen molar-refractivity contribution in [2.45, 2.75) is 53.1 Å². The minimum Gasteiger partial charge on any atom is -0.508 e. The first-order valence-corrected chi connectivity index (χ1v) is 9.85. The van der Waals surface area contributed by atoms with Crippen molar-refractivity contribution < 1.29 is 14.6 Å². The van der Waals surface area contributed by atoms with Crippen LogP contribution in [0.15, 0.2) is 24.3 Å². The van der Waals surface area contributed by atoms with Gasteiger partial charge in [-0.25, -0.2) is 0 Å². The summed E-state index contributed by atoms with van der Waals surface area (Å²) in [7, 11) is 0. The molecule has 0 saturated carbocycles. The predicted molar refractivity (Wildman–Crippen MR) is 106 cm³/mol. The first-order chi connectivity index (χ1) is 12.4. The highest BCUT2D eigenvalue weighted by Gasteiger charge is 2.32. The lowest BCUT2D eigenvalue weighted by atomic mass is 9.85. The van der Waals surface area contributed by atoms with Crippen LogP contribution in [0.5, 0.6) is 5.75 Å². The summed E-state index contributed by atoms with van der Waals surface area (Å²) in [5.41, 5.74) is 0.799. The molecule has 0 spiro atoms. The van der Waals surface area contributed by atoms with Crippen LogP contribution >= 0.6 is 0 Å².